The molecule has 0 amide bonds. The molecule has 1 unspecified atom stereocenters. The number of hydrogen-bond donors (Lipinski definition) is 0. The number of ether oxygens (including phenoxy) is 1. The summed E-state index contributed by atoms with van der Waals surface area (Å²) in [6.45, 7) is 6.91. The van der Waals surface area contributed by atoms with Gasteiger partial charge in [0.1, 0.15) is 0 Å². The molecule has 1 atom stereocenters. The van der Waals surface area contributed by atoms with Gasteiger partial charge in [-0.15, -0.1) is 0 Å². The van der Waals surface area contributed by atoms with Crippen molar-refractivity contribution in [2.45, 2.75) is 39.1 Å². The van der Waals surface area contributed by atoms with Crippen LogP contribution in [-0.4, -0.2) is 15.6 Å². The van der Waals surface area contributed by atoms with Crippen molar-refractivity contribution in [1.29, 1.82) is 0 Å². The second kappa shape index (κ2) is 6.82. The van der Waals surface area contributed by atoms with E-state index in [1.807, 2.05) is 19.1 Å². The molecule has 1 rings (SSSR count). The average molecular weight is 227 g/mol. The molecule has 1 aromatic rings. The quantitative estimate of drug-likeness (QED) is 0.529. The van der Waals surface area contributed by atoms with Crippen molar-refractivity contribution >= 4 is 9.04 Å². The molecule has 85 valence electrons. The summed E-state index contributed by atoms with van der Waals surface area (Å²) in [5.74, 6) is 0.765. The topological polar surface area (TPSA) is 31.6 Å². The second-order valence-corrected chi connectivity index (χ2v) is 5.89. The summed E-state index contributed by atoms with van der Waals surface area (Å²) in [6.07, 6.45) is 1.33. The first-order valence-electron chi connectivity index (χ1n) is 5.48. The highest BCUT2D eigenvalue weighted by molar-refractivity contribution is 6.51. The Bertz CT molecular complexity index is 244. The lowest BCUT2D eigenvalue weighted by Crippen LogP contribution is -2.21. The maximum absolute atomic E-state index is 5.92. The molecule has 0 aliphatic rings. The molecule has 1 heterocycles. The van der Waals surface area contributed by atoms with Crippen molar-refractivity contribution in [2.75, 3.05) is 6.61 Å². The van der Waals surface area contributed by atoms with Crippen LogP contribution in [0.4, 0.5) is 0 Å². The van der Waals surface area contributed by atoms with Crippen LogP contribution in [0.25, 0.3) is 0 Å². The Morgan fingerprint density at radius 3 is 2.53 bits per heavy atom. The molecule has 0 fully saturated rings. The van der Waals surface area contributed by atoms with E-state index in [4.69, 9.17) is 13.6 Å². The lowest BCUT2D eigenvalue weighted by atomic mass is 10.4. The molecule has 0 saturated heterocycles. The van der Waals surface area contributed by atoms with E-state index in [2.05, 4.69) is 13.8 Å². The summed E-state index contributed by atoms with van der Waals surface area (Å²) >= 11 is 0. The summed E-state index contributed by atoms with van der Waals surface area (Å²) in [5.41, 5.74) is 0. The summed E-state index contributed by atoms with van der Waals surface area (Å²) in [6, 6.07) is 5.93. The SMILES string of the molecule is CCOC(O[Si](CC)CC)c1ccco1. The van der Waals surface area contributed by atoms with Crippen LogP contribution in [0.1, 0.15) is 32.8 Å². The van der Waals surface area contributed by atoms with E-state index in [0.717, 1.165) is 17.8 Å². The molecule has 3 nitrogen and oxygen atoms in total. The van der Waals surface area contributed by atoms with Crippen molar-refractivity contribution in [3.63, 3.8) is 0 Å². The van der Waals surface area contributed by atoms with Gasteiger partial charge in [-0.1, -0.05) is 13.8 Å². The fourth-order valence-electron chi connectivity index (χ4n) is 1.32. The van der Waals surface area contributed by atoms with Crippen LogP contribution in [0.3, 0.4) is 0 Å². The fourth-order valence-corrected chi connectivity index (χ4v) is 2.64. The first kappa shape index (κ1) is 12.5. The van der Waals surface area contributed by atoms with E-state index in [1.165, 1.54) is 0 Å². The van der Waals surface area contributed by atoms with E-state index >= 15 is 0 Å². The lowest BCUT2D eigenvalue weighted by molar-refractivity contribution is -0.0942. The third kappa shape index (κ3) is 3.81. The zero-order valence-electron chi connectivity index (χ0n) is 9.66. The third-order valence-electron chi connectivity index (χ3n) is 2.16. The molecule has 0 saturated carbocycles. The van der Waals surface area contributed by atoms with E-state index in [-0.39, 0.29) is 6.29 Å². The van der Waals surface area contributed by atoms with Crippen LogP contribution in [0.5, 0.6) is 0 Å². The Labute approximate surface area is 93.1 Å². The number of furan rings is 1. The van der Waals surface area contributed by atoms with Gasteiger partial charge in [-0.05, 0) is 31.1 Å². The van der Waals surface area contributed by atoms with Gasteiger partial charge < -0.3 is 13.6 Å². The predicted molar refractivity (Wildman–Crippen MR) is 60.9 cm³/mol. The lowest BCUT2D eigenvalue weighted by Gasteiger charge is -2.20. The minimum absolute atomic E-state index is 0.321. The van der Waals surface area contributed by atoms with Crippen LogP contribution in [-0.2, 0) is 9.16 Å². The summed E-state index contributed by atoms with van der Waals surface area (Å²) in [7, 11) is -0.754. The highest BCUT2D eigenvalue weighted by Crippen LogP contribution is 2.21. The molecule has 0 aliphatic heterocycles. The van der Waals surface area contributed by atoms with Crippen molar-refractivity contribution < 1.29 is 13.6 Å². The van der Waals surface area contributed by atoms with Crippen molar-refractivity contribution in [1.82, 2.24) is 0 Å². The molecular weight excluding hydrogens is 208 g/mol. The Morgan fingerprint density at radius 2 is 2.07 bits per heavy atom. The van der Waals surface area contributed by atoms with E-state index in [9.17, 15) is 0 Å². The highest BCUT2D eigenvalue weighted by atomic mass is 28.3. The maximum atomic E-state index is 5.92. The average Bonchev–Trinajstić information content (AvgIpc) is 2.77. The molecule has 0 aliphatic carbocycles. The monoisotopic (exact) mass is 227 g/mol. The zero-order valence-corrected chi connectivity index (χ0v) is 10.7. The molecule has 0 aromatic carbocycles. The maximum Gasteiger partial charge on any atom is 0.215 e. The van der Waals surface area contributed by atoms with Gasteiger partial charge in [-0.3, -0.25) is 0 Å². The van der Waals surface area contributed by atoms with Crippen LogP contribution >= 0.6 is 0 Å². The molecule has 15 heavy (non-hydrogen) atoms. The van der Waals surface area contributed by atoms with Crippen molar-refractivity contribution in [3.8, 4) is 0 Å². The van der Waals surface area contributed by atoms with E-state index in [1.54, 1.807) is 6.26 Å². The molecular formula is C11H19O3Si. The Balaban J connectivity index is 2.58. The van der Waals surface area contributed by atoms with E-state index in [0.29, 0.717) is 6.61 Å². The molecule has 0 bridgehead atoms. The Morgan fingerprint density at radius 1 is 1.33 bits per heavy atom. The molecule has 1 aromatic heterocycles. The van der Waals surface area contributed by atoms with Crippen LogP contribution in [0, 0.1) is 0 Å². The Hall–Kier alpha value is -0.583. The molecule has 0 spiro atoms. The first-order valence-corrected chi connectivity index (χ1v) is 7.30. The molecule has 1 radical (unpaired) electrons. The third-order valence-corrected chi connectivity index (χ3v) is 4.28. The van der Waals surface area contributed by atoms with E-state index < -0.39 is 9.04 Å². The second-order valence-electron chi connectivity index (χ2n) is 3.17. The van der Waals surface area contributed by atoms with Crippen LogP contribution in [0.2, 0.25) is 12.1 Å². The number of hydrogen-bond acceptors (Lipinski definition) is 3. The van der Waals surface area contributed by atoms with Gasteiger partial charge in [-0.2, -0.15) is 0 Å². The van der Waals surface area contributed by atoms with Gasteiger partial charge in [0.25, 0.3) is 0 Å². The fraction of sp³-hybridized carbons (Fsp3) is 0.636. The van der Waals surface area contributed by atoms with Crippen molar-refractivity contribution in [3.05, 3.63) is 24.2 Å². The minimum Gasteiger partial charge on any atom is -0.464 e. The highest BCUT2D eigenvalue weighted by Gasteiger charge is 2.20. The predicted octanol–water partition coefficient (Wildman–Crippen LogP) is 3.36. The smallest absolute Gasteiger partial charge is 0.215 e. The normalized spacial score (nSPS) is 13.3. The van der Waals surface area contributed by atoms with Gasteiger partial charge in [-0.25, -0.2) is 0 Å². The summed E-state index contributed by atoms with van der Waals surface area (Å²) in [5, 5.41) is 0. The van der Waals surface area contributed by atoms with Gasteiger partial charge >= 0.3 is 0 Å². The standard InChI is InChI=1S/C11H19O3Si/c1-4-12-11(10-8-7-9-13-10)14-15(5-2)6-3/h7-9,11H,4-6H2,1-3H3. The van der Waals surface area contributed by atoms with Crippen LogP contribution < -0.4 is 0 Å². The largest absolute Gasteiger partial charge is 0.464 e. The molecule has 4 heteroatoms. The van der Waals surface area contributed by atoms with Crippen molar-refractivity contribution in [2.24, 2.45) is 0 Å². The first-order chi connectivity index (χ1) is 7.31. The van der Waals surface area contributed by atoms with Gasteiger partial charge in [0, 0.05) is 6.61 Å². The summed E-state index contributed by atoms with van der Waals surface area (Å²) in [4.78, 5) is 0. The Kier molecular flexibility index (Phi) is 5.68. The van der Waals surface area contributed by atoms with Gasteiger partial charge in [0.05, 0.1) is 6.26 Å². The zero-order chi connectivity index (χ0) is 11.1. The van der Waals surface area contributed by atoms with Gasteiger partial charge in [0.15, 0.2) is 5.76 Å². The minimum atomic E-state index is -0.754. The number of rotatable bonds is 7. The summed E-state index contributed by atoms with van der Waals surface area (Å²) < 4.78 is 16.8. The molecule has 0 N–H and O–H groups in total. The van der Waals surface area contributed by atoms with Gasteiger partial charge in [0.2, 0.25) is 15.3 Å². The van der Waals surface area contributed by atoms with Crippen LogP contribution in [0.15, 0.2) is 22.8 Å².